The van der Waals surface area contributed by atoms with Gasteiger partial charge >= 0.3 is 0 Å². The number of carbonyl (C=O) groups excluding carboxylic acids is 1. The van der Waals surface area contributed by atoms with Crippen molar-refractivity contribution in [2.24, 2.45) is 0 Å². The summed E-state index contributed by atoms with van der Waals surface area (Å²) >= 11 is 0. The molecule has 5 nitrogen and oxygen atoms in total. The van der Waals surface area contributed by atoms with Crippen LogP contribution in [-0.2, 0) is 11.3 Å². The second-order valence-corrected chi connectivity index (χ2v) is 7.21. The smallest absolute Gasteiger partial charge is 0.242 e. The number of carbonyl (C=O) groups is 1. The summed E-state index contributed by atoms with van der Waals surface area (Å²) in [7, 11) is 0. The fourth-order valence-electron chi connectivity index (χ4n) is 3.82. The minimum absolute atomic E-state index is 0.154. The van der Waals surface area contributed by atoms with Gasteiger partial charge in [0, 0.05) is 24.5 Å². The molecule has 1 saturated heterocycles. The molecule has 2 atom stereocenters. The number of nitrogens with zero attached hydrogens (tertiary/aromatic N) is 3. The summed E-state index contributed by atoms with van der Waals surface area (Å²) in [5.41, 5.74) is 1.09. The van der Waals surface area contributed by atoms with Crippen LogP contribution < -0.4 is 5.32 Å². The third-order valence-electron chi connectivity index (χ3n) is 5.25. The van der Waals surface area contributed by atoms with Crippen molar-refractivity contribution in [1.82, 2.24) is 20.0 Å². The van der Waals surface area contributed by atoms with Gasteiger partial charge in [0.05, 0.1) is 6.54 Å². The van der Waals surface area contributed by atoms with E-state index in [4.69, 9.17) is 0 Å². The number of amides is 1. The lowest BCUT2D eigenvalue weighted by Gasteiger charge is -2.40. The summed E-state index contributed by atoms with van der Waals surface area (Å²) in [4.78, 5) is 15.5. The Morgan fingerprint density at radius 3 is 2.72 bits per heavy atom. The predicted molar refractivity (Wildman–Crippen MR) is 96.9 cm³/mol. The normalized spacial score (nSPS) is 22.5. The molecule has 0 bridgehead atoms. The largest absolute Gasteiger partial charge is 0.352 e. The maximum absolute atomic E-state index is 13.1. The first kappa shape index (κ1) is 16.3. The van der Waals surface area contributed by atoms with Gasteiger partial charge in [0.2, 0.25) is 5.91 Å². The third kappa shape index (κ3) is 3.93. The van der Waals surface area contributed by atoms with Crippen LogP contribution in [0.25, 0.3) is 0 Å². The Labute approximate surface area is 149 Å². The molecule has 0 unspecified atom stereocenters. The number of likely N-dealkylation sites (tertiary alicyclic amines) is 1. The maximum Gasteiger partial charge on any atom is 0.242 e. The van der Waals surface area contributed by atoms with Crippen LogP contribution in [0.15, 0.2) is 48.8 Å². The van der Waals surface area contributed by atoms with Gasteiger partial charge in [-0.1, -0.05) is 36.8 Å². The molecule has 0 radical (unpaired) electrons. The lowest BCUT2D eigenvalue weighted by Crippen LogP contribution is -2.49. The lowest BCUT2D eigenvalue weighted by molar-refractivity contribution is -0.128. The van der Waals surface area contributed by atoms with Crippen molar-refractivity contribution in [2.45, 2.75) is 56.8 Å². The number of aromatic nitrogens is 2. The molecule has 5 heteroatoms. The van der Waals surface area contributed by atoms with Crippen molar-refractivity contribution in [3.05, 3.63) is 54.4 Å². The molecule has 2 fully saturated rings. The summed E-state index contributed by atoms with van der Waals surface area (Å²) in [6.07, 6.45) is 9.54. The monoisotopic (exact) mass is 338 g/mol. The second kappa shape index (κ2) is 7.40. The van der Waals surface area contributed by atoms with Crippen molar-refractivity contribution in [2.75, 3.05) is 6.54 Å². The lowest BCUT2D eigenvalue weighted by atomic mass is 9.95. The molecular weight excluding hydrogens is 312 g/mol. The summed E-state index contributed by atoms with van der Waals surface area (Å²) < 4.78 is 1.99. The number of piperidine rings is 1. The van der Waals surface area contributed by atoms with Crippen LogP contribution >= 0.6 is 0 Å². The van der Waals surface area contributed by atoms with E-state index in [1.165, 1.54) is 6.42 Å². The topological polar surface area (TPSA) is 50.2 Å². The average molecular weight is 338 g/mol. The van der Waals surface area contributed by atoms with Crippen LogP contribution in [0, 0.1) is 0 Å². The highest BCUT2D eigenvalue weighted by Crippen LogP contribution is 2.31. The van der Waals surface area contributed by atoms with E-state index in [2.05, 4.69) is 27.4 Å². The molecular formula is C20H26N4O. The SMILES string of the molecule is O=C(NC1CC1)[C@H](c1ccccc1)N1CCCC[C@@H]1Cn1cccn1. The molecule has 1 amide bonds. The summed E-state index contributed by atoms with van der Waals surface area (Å²) in [5.74, 6) is 0.154. The van der Waals surface area contributed by atoms with Crippen molar-refractivity contribution >= 4 is 5.91 Å². The molecule has 1 aromatic carbocycles. The highest BCUT2D eigenvalue weighted by atomic mass is 16.2. The third-order valence-corrected chi connectivity index (χ3v) is 5.25. The van der Waals surface area contributed by atoms with Gasteiger partial charge in [0.15, 0.2) is 0 Å². The highest BCUT2D eigenvalue weighted by Gasteiger charge is 2.36. The standard InChI is InChI=1S/C20H26N4O/c25-20(22-17-10-11-17)19(16-7-2-1-3-8-16)24-14-5-4-9-18(24)15-23-13-6-12-21-23/h1-3,6-8,12-13,17-19H,4-5,9-11,14-15H2,(H,22,25)/t18-,19+/m1/s1. The molecule has 1 aromatic heterocycles. The Balaban J connectivity index is 1.59. The zero-order chi connectivity index (χ0) is 17.1. The number of benzene rings is 1. The molecule has 132 valence electrons. The summed E-state index contributed by atoms with van der Waals surface area (Å²) in [6, 6.07) is 12.7. The second-order valence-electron chi connectivity index (χ2n) is 7.21. The van der Waals surface area contributed by atoms with Crippen LogP contribution in [0.3, 0.4) is 0 Å². The Kier molecular flexibility index (Phi) is 4.83. The zero-order valence-electron chi connectivity index (χ0n) is 14.6. The Morgan fingerprint density at radius 2 is 2.00 bits per heavy atom. The van der Waals surface area contributed by atoms with Crippen LogP contribution in [0.4, 0.5) is 0 Å². The molecule has 2 aliphatic rings. The molecule has 1 N–H and O–H groups in total. The molecule has 2 heterocycles. The van der Waals surface area contributed by atoms with Crippen molar-refractivity contribution < 1.29 is 4.79 Å². The van der Waals surface area contributed by atoms with E-state index >= 15 is 0 Å². The Morgan fingerprint density at radius 1 is 1.16 bits per heavy atom. The Bertz CT molecular complexity index is 681. The first-order chi connectivity index (χ1) is 12.3. The fourth-order valence-corrected chi connectivity index (χ4v) is 3.82. The highest BCUT2D eigenvalue weighted by molar-refractivity contribution is 5.83. The summed E-state index contributed by atoms with van der Waals surface area (Å²) in [6.45, 7) is 1.80. The van der Waals surface area contributed by atoms with Crippen molar-refractivity contribution in [3.63, 3.8) is 0 Å². The number of rotatable bonds is 6. The summed E-state index contributed by atoms with van der Waals surface area (Å²) in [5, 5.41) is 7.60. The maximum atomic E-state index is 13.1. The van der Waals surface area contributed by atoms with E-state index in [-0.39, 0.29) is 11.9 Å². The van der Waals surface area contributed by atoms with Gasteiger partial charge in [-0.2, -0.15) is 5.10 Å². The van der Waals surface area contributed by atoms with Gasteiger partial charge in [0.1, 0.15) is 6.04 Å². The van der Waals surface area contributed by atoms with Crippen LogP contribution in [0.5, 0.6) is 0 Å². The minimum Gasteiger partial charge on any atom is -0.352 e. The number of nitrogens with one attached hydrogen (secondary N) is 1. The van der Waals surface area contributed by atoms with Crippen molar-refractivity contribution in [3.8, 4) is 0 Å². The fraction of sp³-hybridized carbons (Fsp3) is 0.500. The van der Waals surface area contributed by atoms with Gasteiger partial charge < -0.3 is 5.32 Å². The minimum atomic E-state index is -0.206. The number of hydrogen-bond acceptors (Lipinski definition) is 3. The van der Waals surface area contributed by atoms with Gasteiger partial charge in [-0.15, -0.1) is 0 Å². The van der Waals surface area contributed by atoms with E-state index in [1.54, 1.807) is 0 Å². The molecule has 4 rings (SSSR count). The van der Waals surface area contributed by atoms with Crippen LogP contribution in [0.2, 0.25) is 0 Å². The molecule has 25 heavy (non-hydrogen) atoms. The molecule has 1 aliphatic heterocycles. The van der Waals surface area contributed by atoms with Crippen LogP contribution in [-0.4, -0.2) is 39.2 Å². The first-order valence-electron chi connectivity index (χ1n) is 9.40. The average Bonchev–Trinajstić information content (AvgIpc) is 3.30. The van der Waals surface area contributed by atoms with Gasteiger partial charge in [-0.3, -0.25) is 14.4 Å². The number of hydrogen-bond donors (Lipinski definition) is 1. The van der Waals surface area contributed by atoms with Gasteiger partial charge in [-0.05, 0) is 43.9 Å². The molecule has 1 saturated carbocycles. The van der Waals surface area contributed by atoms with E-state index in [9.17, 15) is 4.79 Å². The van der Waals surface area contributed by atoms with Crippen molar-refractivity contribution in [1.29, 1.82) is 0 Å². The Hall–Kier alpha value is -2.14. The van der Waals surface area contributed by atoms with Gasteiger partial charge in [-0.25, -0.2) is 0 Å². The first-order valence-corrected chi connectivity index (χ1v) is 9.40. The predicted octanol–water partition coefficient (Wildman–Crippen LogP) is 2.76. The van der Waals surface area contributed by atoms with E-state index < -0.39 is 0 Å². The van der Waals surface area contributed by atoms with E-state index in [0.29, 0.717) is 12.1 Å². The van der Waals surface area contributed by atoms with Gasteiger partial charge in [0.25, 0.3) is 0 Å². The molecule has 1 aliphatic carbocycles. The molecule has 2 aromatic rings. The van der Waals surface area contributed by atoms with Crippen LogP contribution in [0.1, 0.15) is 43.7 Å². The van der Waals surface area contributed by atoms with E-state index in [0.717, 1.165) is 44.3 Å². The molecule has 0 spiro atoms. The quantitative estimate of drug-likeness (QED) is 0.881. The zero-order valence-corrected chi connectivity index (χ0v) is 14.6. The van der Waals surface area contributed by atoms with E-state index in [1.807, 2.05) is 41.3 Å².